The second-order valence-electron chi connectivity index (χ2n) is 6.65. The molecule has 2 N–H and O–H groups in total. The third-order valence-electron chi connectivity index (χ3n) is 4.58. The molecule has 0 unspecified atom stereocenters. The summed E-state index contributed by atoms with van der Waals surface area (Å²) in [5.41, 5.74) is 3.90. The number of hydrogen-bond donors (Lipinski definition) is 2. The number of hydrogen-bond acceptors (Lipinski definition) is 6. The average molecular weight is 415 g/mol. The van der Waals surface area contributed by atoms with E-state index < -0.39 is 16.4 Å². The molecule has 1 heterocycles. The average Bonchev–Trinajstić information content (AvgIpc) is 2.80. The van der Waals surface area contributed by atoms with Crippen LogP contribution in [-0.4, -0.2) is 27.0 Å². The minimum atomic E-state index is -0.499. The fourth-order valence-corrected chi connectivity index (χ4v) is 3.06. The molecule has 0 saturated heterocycles. The van der Waals surface area contributed by atoms with E-state index >= 15 is 0 Å². The van der Waals surface area contributed by atoms with Crippen molar-refractivity contribution in [3.8, 4) is 11.4 Å². The number of anilines is 1. The van der Waals surface area contributed by atoms with Gasteiger partial charge in [0.05, 0.1) is 22.4 Å². The van der Waals surface area contributed by atoms with Crippen LogP contribution in [-0.2, 0) is 4.79 Å². The molecule has 0 aliphatic rings. The molecule has 31 heavy (non-hydrogen) atoms. The smallest absolute Gasteiger partial charge is 0.280 e. The van der Waals surface area contributed by atoms with Crippen molar-refractivity contribution in [2.45, 2.75) is 0 Å². The van der Waals surface area contributed by atoms with Gasteiger partial charge in [-0.3, -0.25) is 25.1 Å². The number of carbonyl (C=O) groups is 1. The molecule has 4 aromatic rings. The van der Waals surface area contributed by atoms with Crippen LogP contribution in [0.15, 0.2) is 83.7 Å². The zero-order chi connectivity index (χ0) is 21.8. The van der Waals surface area contributed by atoms with Crippen molar-refractivity contribution in [3.63, 3.8) is 0 Å². The van der Waals surface area contributed by atoms with Crippen LogP contribution in [0.2, 0.25) is 0 Å². The lowest BCUT2D eigenvalue weighted by Crippen LogP contribution is -2.37. The highest BCUT2D eigenvalue weighted by molar-refractivity contribution is 5.89. The summed E-state index contributed by atoms with van der Waals surface area (Å²) in [5.74, 6) is -0.164. The van der Waals surface area contributed by atoms with Crippen molar-refractivity contribution in [1.82, 2.24) is 9.66 Å². The summed E-state index contributed by atoms with van der Waals surface area (Å²) < 4.78 is 1.14. The topological polar surface area (TPSA) is 119 Å². The van der Waals surface area contributed by atoms with Crippen molar-refractivity contribution in [1.29, 1.82) is 0 Å². The number of fused-ring (bicyclic) bond motifs is 1. The van der Waals surface area contributed by atoms with E-state index in [1.165, 1.54) is 24.3 Å². The fraction of sp³-hybridized carbons (Fsp3) is 0.0455. The van der Waals surface area contributed by atoms with Crippen LogP contribution in [0.3, 0.4) is 0 Å². The van der Waals surface area contributed by atoms with E-state index in [2.05, 4.69) is 15.7 Å². The first-order chi connectivity index (χ1) is 15.0. The van der Waals surface area contributed by atoms with Crippen molar-refractivity contribution in [2.75, 3.05) is 17.3 Å². The van der Waals surface area contributed by atoms with Gasteiger partial charge in [0.2, 0.25) is 0 Å². The Morgan fingerprint density at radius 2 is 1.65 bits per heavy atom. The van der Waals surface area contributed by atoms with Crippen LogP contribution < -0.4 is 16.3 Å². The van der Waals surface area contributed by atoms with Crippen LogP contribution in [0.1, 0.15) is 0 Å². The summed E-state index contributed by atoms with van der Waals surface area (Å²) in [5, 5.41) is 14.0. The van der Waals surface area contributed by atoms with Gasteiger partial charge < -0.3 is 5.32 Å². The van der Waals surface area contributed by atoms with Crippen LogP contribution >= 0.6 is 0 Å². The summed E-state index contributed by atoms with van der Waals surface area (Å²) in [7, 11) is 0. The van der Waals surface area contributed by atoms with Gasteiger partial charge in [-0.15, -0.1) is 0 Å². The summed E-state index contributed by atoms with van der Waals surface area (Å²) in [6, 6.07) is 21.7. The Labute approximate surface area is 176 Å². The molecule has 0 fully saturated rings. The third kappa shape index (κ3) is 4.25. The highest BCUT2D eigenvalue weighted by atomic mass is 16.6. The number of benzene rings is 3. The molecule has 154 valence electrons. The highest BCUT2D eigenvalue weighted by Crippen LogP contribution is 2.18. The van der Waals surface area contributed by atoms with Gasteiger partial charge in [0.1, 0.15) is 0 Å². The Bertz CT molecular complexity index is 1320. The first-order valence-corrected chi connectivity index (χ1v) is 9.38. The fourth-order valence-electron chi connectivity index (χ4n) is 3.06. The number of rotatable bonds is 6. The Morgan fingerprint density at radius 3 is 2.35 bits per heavy atom. The number of nitrogens with one attached hydrogen (secondary N) is 2. The van der Waals surface area contributed by atoms with Crippen LogP contribution in [0, 0.1) is 10.1 Å². The predicted octanol–water partition coefficient (Wildman–Crippen LogP) is 3.15. The van der Waals surface area contributed by atoms with E-state index in [0.717, 1.165) is 4.68 Å². The van der Waals surface area contributed by atoms with E-state index in [1.807, 2.05) is 18.2 Å². The predicted molar refractivity (Wildman–Crippen MR) is 117 cm³/mol. The molecule has 0 radical (unpaired) electrons. The maximum Gasteiger partial charge on any atom is 0.280 e. The first-order valence-electron chi connectivity index (χ1n) is 9.38. The van der Waals surface area contributed by atoms with Crippen molar-refractivity contribution in [2.24, 2.45) is 0 Å². The largest absolute Gasteiger partial charge is 0.376 e. The molecular formula is C22H17N5O4. The number of aromatic nitrogens is 2. The number of nitro benzene ring substituents is 1. The molecule has 3 aromatic carbocycles. The quantitative estimate of drug-likeness (QED) is 0.369. The molecular weight excluding hydrogens is 398 g/mol. The lowest BCUT2D eigenvalue weighted by atomic mass is 10.2. The maximum absolute atomic E-state index is 13.1. The van der Waals surface area contributed by atoms with Crippen LogP contribution in [0.4, 0.5) is 11.4 Å². The van der Waals surface area contributed by atoms with Gasteiger partial charge in [0, 0.05) is 23.4 Å². The molecule has 0 aliphatic heterocycles. The van der Waals surface area contributed by atoms with Crippen molar-refractivity contribution in [3.05, 3.63) is 99.3 Å². The molecule has 9 heteroatoms. The SMILES string of the molecule is O=C(CNc1ccc([N+](=O)[O-])cc1)Nn1c(-c2ccccc2)nc2ccccc2c1=O. The summed E-state index contributed by atoms with van der Waals surface area (Å²) in [4.78, 5) is 40.4. The number of carbonyl (C=O) groups excluding carboxylic acids is 1. The summed E-state index contributed by atoms with van der Waals surface area (Å²) in [6.45, 7) is -0.148. The van der Waals surface area contributed by atoms with Gasteiger partial charge in [0.25, 0.3) is 17.2 Å². The minimum absolute atomic E-state index is 0.0451. The van der Waals surface area contributed by atoms with Gasteiger partial charge in [-0.05, 0) is 24.3 Å². The Morgan fingerprint density at radius 1 is 0.968 bits per heavy atom. The summed E-state index contributed by atoms with van der Waals surface area (Å²) >= 11 is 0. The second-order valence-corrected chi connectivity index (χ2v) is 6.65. The molecule has 4 rings (SSSR count). The Kier molecular flexibility index (Phi) is 5.39. The van der Waals surface area contributed by atoms with E-state index in [9.17, 15) is 19.7 Å². The number of amides is 1. The Balaban J connectivity index is 1.61. The molecule has 1 amide bonds. The maximum atomic E-state index is 13.1. The van der Waals surface area contributed by atoms with Gasteiger partial charge in [-0.1, -0.05) is 42.5 Å². The molecule has 0 aliphatic carbocycles. The molecule has 1 aromatic heterocycles. The van der Waals surface area contributed by atoms with E-state index in [-0.39, 0.29) is 12.2 Å². The zero-order valence-corrected chi connectivity index (χ0v) is 16.2. The molecule has 0 atom stereocenters. The highest BCUT2D eigenvalue weighted by Gasteiger charge is 2.15. The van der Waals surface area contributed by atoms with Crippen LogP contribution in [0.25, 0.3) is 22.3 Å². The van der Waals surface area contributed by atoms with Gasteiger partial charge in [0.15, 0.2) is 5.82 Å². The van der Waals surface area contributed by atoms with Gasteiger partial charge in [-0.2, -0.15) is 4.68 Å². The van der Waals surface area contributed by atoms with E-state index in [4.69, 9.17) is 0 Å². The number of nitrogens with zero attached hydrogens (tertiary/aromatic N) is 3. The lowest BCUT2D eigenvalue weighted by Gasteiger charge is -2.15. The zero-order valence-electron chi connectivity index (χ0n) is 16.2. The lowest BCUT2D eigenvalue weighted by molar-refractivity contribution is -0.384. The second kappa shape index (κ2) is 8.46. The minimum Gasteiger partial charge on any atom is -0.376 e. The normalized spacial score (nSPS) is 10.6. The Hall–Kier alpha value is -4.53. The number of para-hydroxylation sites is 1. The van der Waals surface area contributed by atoms with Gasteiger partial charge in [-0.25, -0.2) is 4.98 Å². The molecule has 9 nitrogen and oxygen atoms in total. The standard InChI is InChI=1S/C22H17N5O4/c28-20(14-23-16-10-12-17(13-11-16)27(30)31)25-26-21(15-6-2-1-3-7-15)24-19-9-5-4-8-18(19)22(26)29/h1-13,23H,14H2,(H,25,28). The monoisotopic (exact) mass is 415 g/mol. The molecule has 0 spiro atoms. The molecule has 0 bridgehead atoms. The van der Waals surface area contributed by atoms with Crippen molar-refractivity contribution >= 4 is 28.2 Å². The summed E-state index contributed by atoms with van der Waals surface area (Å²) in [6.07, 6.45) is 0. The van der Waals surface area contributed by atoms with Crippen LogP contribution in [0.5, 0.6) is 0 Å². The first kappa shape index (κ1) is 19.8. The molecule has 0 saturated carbocycles. The number of non-ortho nitro benzene ring substituents is 1. The van der Waals surface area contributed by atoms with Gasteiger partial charge >= 0.3 is 0 Å². The van der Waals surface area contributed by atoms with E-state index in [0.29, 0.717) is 28.0 Å². The van der Waals surface area contributed by atoms with E-state index in [1.54, 1.807) is 36.4 Å². The third-order valence-corrected chi connectivity index (χ3v) is 4.58. The number of nitro groups is 1. The van der Waals surface area contributed by atoms with Crippen molar-refractivity contribution < 1.29 is 9.72 Å².